The van der Waals surface area contributed by atoms with Gasteiger partial charge in [0.1, 0.15) is 6.10 Å². The zero-order valence-electron chi connectivity index (χ0n) is 12.3. The molecule has 1 aliphatic heterocycles. The zero-order chi connectivity index (χ0) is 14.1. The first-order chi connectivity index (χ1) is 9.15. The summed E-state index contributed by atoms with van der Waals surface area (Å²) in [6, 6.07) is 0. The second-order valence-corrected chi connectivity index (χ2v) is 5.86. The minimum atomic E-state index is -0.977. The summed E-state index contributed by atoms with van der Waals surface area (Å²) < 4.78 is 0. The average molecular weight is 273 g/mol. The van der Waals surface area contributed by atoms with E-state index in [9.17, 15) is 15.3 Å². The molecule has 0 amide bonds. The van der Waals surface area contributed by atoms with Crippen LogP contribution in [0.1, 0.15) is 58.3 Å². The van der Waals surface area contributed by atoms with Gasteiger partial charge in [-0.15, -0.1) is 0 Å². The van der Waals surface area contributed by atoms with Crippen molar-refractivity contribution in [1.82, 2.24) is 4.90 Å². The lowest BCUT2D eigenvalue weighted by atomic mass is 10.0. The molecule has 0 spiro atoms. The minimum absolute atomic E-state index is 0.481. The van der Waals surface area contributed by atoms with Gasteiger partial charge in [0.25, 0.3) is 0 Å². The summed E-state index contributed by atoms with van der Waals surface area (Å²) in [5, 5.41) is 28.6. The van der Waals surface area contributed by atoms with E-state index in [4.69, 9.17) is 0 Å². The van der Waals surface area contributed by atoms with Crippen molar-refractivity contribution in [2.24, 2.45) is 0 Å². The smallest absolute Gasteiger partial charge is 0.108 e. The summed E-state index contributed by atoms with van der Waals surface area (Å²) in [6.45, 7) is 4.11. The Morgan fingerprint density at radius 2 is 1.26 bits per heavy atom. The third kappa shape index (κ3) is 6.70. The van der Waals surface area contributed by atoms with Gasteiger partial charge >= 0.3 is 0 Å². The van der Waals surface area contributed by atoms with E-state index in [-0.39, 0.29) is 0 Å². The lowest BCUT2D eigenvalue weighted by molar-refractivity contribution is -0.109. The van der Waals surface area contributed by atoms with Crippen molar-refractivity contribution in [3.63, 3.8) is 0 Å². The zero-order valence-corrected chi connectivity index (χ0v) is 12.3. The van der Waals surface area contributed by atoms with Crippen LogP contribution >= 0.6 is 0 Å². The lowest BCUT2D eigenvalue weighted by Crippen LogP contribution is -2.55. The van der Waals surface area contributed by atoms with E-state index in [1.807, 2.05) is 0 Å². The Hall–Kier alpha value is -0.160. The van der Waals surface area contributed by atoms with E-state index in [0.717, 1.165) is 13.0 Å². The number of aliphatic hydroxyl groups excluding tert-OH is 3. The van der Waals surface area contributed by atoms with Crippen LogP contribution in [0.25, 0.3) is 0 Å². The first-order valence-electron chi connectivity index (χ1n) is 7.91. The van der Waals surface area contributed by atoms with E-state index in [2.05, 4.69) is 11.8 Å². The predicted molar refractivity (Wildman–Crippen MR) is 77.1 cm³/mol. The second kappa shape index (κ2) is 9.70. The normalized spacial score (nSPS) is 28.7. The van der Waals surface area contributed by atoms with Gasteiger partial charge in [0.05, 0.1) is 12.2 Å². The fraction of sp³-hybridized carbons (Fsp3) is 1.00. The van der Waals surface area contributed by atoms with Crippen molar-refractivity contribution in [2.75, 3.05) is 19.6 Å². The van der Waals surface area contributed by atoms with E-state index >= 15 is 0 Å². The number of nitrogens with zero attached hydrogens (tertiary/aromatic N) is 1. The van der Waals surface area contributed by atoms with Gasteiger partial charge in [-0.1, -0.05) is 51.9 Å². The molecule has 0 radical (unpaired) electrons. The molecule has 3 atom stereocenters. The van der Waals surface area contributed by atoms with Gasteiger partial charge in [-0.2, -0.15) is 0 Å². The molecule has 114 valence electrons. The van der Waals surface area contributed by atoms with Crippen molar-refractivity contribution in [1.29, 1.82) is 0 Å². The summed E-state index contributed by atoms with van der Waals surface area (Å²) in [5.74, 6) is 0. The van der Waals surface area contributed by atoms with Crippen molar-refractivity contribution in [3.8, 4) is 0 Å². The van der Waals surface area contributed by atoms with Crippen molar-refractivity contribution < 1.29 is 15.3 Å². The molecular weight excluding hydrogens is 242 g/mol. The maximum atomic E-state index is 9.59. The molecule has 0 aliphatic carbocycles. The van der Waals surface area contributed by atoms with Crippen LogP contribution in [0.3, 0.4) is 0 Å². The molecule has 1 saturated heterocycles. The predicted octanol–water partition coefficient (Wildman–Crippen LogP) is 1.53. The summed E-state index contributed by atoms with van der Waals surface area (Å²) in [5.41, 5.74) is 0. The third-order valence-corrected chi connectivity index (χ3v) is 4.01. The summed E-state index contributed by atoms with van der Waals surface area (Å²) in [6.07, 6.45) is 7.71. The molecule has 1 rings (SSSR count). The SMILES string of the molecule is CCCCCCCCCCN1C[C@@H](O)[C@H](O)[C@@H](O)C1. The number of aliphatic hydroxyl groups is 3. The monoisotopic (exact) mass is 273 g/mol. The highest BCUT2D eigenvalue weighted by Gasteiger charge is 2.32. The number of piperidine rings is 1. The van der Waals surface area contributed by atoms with Crippen LogP contribution in [0.4, 0.5) is 0 Å². The molecule has 0 aromatic carbocycles. The molecule has 1 heterocycles. The Morgan fingerprint density at radius 1 is 0.789 bits per heavy atom. The van der Waals surface area contributed by atoms with Crippen LogP contribution in [0.2, 0.25) is 0 Å². The molecule has 0 bridgehead atoms. The third-order valence-electron chi connectivity index (χ3n) is 4.01. The molecule has 4 heteroatoms. The van der Waals surface area contributed by atoms with Gasteiger partial charge in [0.15, 0.2) is 0 Å². The van der Waals surface area contributed by atoms with Crippen molar-refractivity contribution >= 4 is 0 Å². The van der Waals surface area contributed by atoms with Crippen LogP contribution in [0.5, 0.6) is 0 Å². The quantitative estimate of drug-likeness (QED) is 0.557. The van der Waals surface area contributed by atoms with Crippen LogP contribution in [-0.4, -0.2) is 58.2 Å². The Labute approximate surface area is 117 Å². The van der Waals surface area contributed by atoms with Gasteiger partial charge in [0.2, 0.25) is 0 Å². The molecule has 19 heavy (non-hydrogen) atoms. The Balaban J connectivity index is 1.98. The molecule has 3 N–H and O–H groups in total. The van der Waals surface area contributed by atoms with E-state index in [0.29, 0.717) is 13.1 Å². The highest BCUT2D eigenvalue weighted by molar-refractivity contribution is 4.86. The number of unbranched alkanes of at least 4 members (excludes halogenated alkanes) is 7. The van der Waals surface area contributed by atoms with Crippen LogP contribution in [0.15, 0.2) is 0 Å². The maximum Gasteiger partial charge on any atom is 0.108 e. The number of likely N-dealkylation sites (tertiary alicyclic amines) is 1. The number of hydrogen-bond donors (Lipinski definition) is 3. The van der Waals surface area contributed by atoms with Crippen LogP contribution < -0.4 is 0 Å². The Bertz CT molecular complexity index is 213. The van der Waals surface area contributed by atoms with Crippen molar-refractivity contribution in [3.05, 3.63) is 0 Å². The topological polar surface area (TPSA) is 63.9 Å². The van der Waals surface area contributed by atoms with E-state index < -0.39 is 18.3 Å². The molecule has 1 aliphatic rings. The highest BCUT2D eigenvalue weighted by atomic mass is 16.4. The van der Waals surface area contributed by atoms with Gasteiger partial charge in [-0.25, -0.2) is 0 Å². The molecule has 4 nitrogen and oxygen atoms in total. The van der Waals surface area contributed by atoms with Crippen molar-refractivity contribution in [2.45, 2.75) is 76.6 Å². The fourth-order valence-electron chi connectivity index (χ4n) is 2.73. The molecule has 0 aromatic heterocycles. The molecule has 1 fully saturated rings. The van der Waals surface area contributed by atoms with E-state index in [1.165, 1.54) is 44.9 Å². The first-order valence-corrected chi connectivity index (χ1v) is 7.91. The Kier molecular flexibility index (Phi) is 8.62. The van der Waals surface area contributed by atoms with Gasteiger partial charge in [-0.05, 0) is 13.0 Å². The van der Waals surface area contributed by atoms with Crippen LogP contribution in [0, 0.1) is 0 Å². The Morgan fingerprint density at radius 3 is 1.79 bits per heavy atom. The maximum absolute atomic E-state index is 9.59. The highest BCUT2D eigenvalue weighted by Crippen LogP contribution is 2.14. The first kappa shape index (κ1) is 16.9. The second-order valence-electron chi connectivity index (χ2n) is 5.86. The number of hydrogen-bond acceptors (Lipinski definition) is 4. The van der Waals surface area contributed by atoms with Crippen LogP contribution in [-0.2, 0) is 0 Å². The summed E-state index contributed by atoms with van der Waals surface area (Å²) in [4.78, 5) is 2.05. The standard InChI is InChI=1S/C15H31NO3/c1-2-3-4-5-6-7-8-9-10-16-11-13(17)15(19)14(18)12-16/h13-15,17-19H,2-12H2,1H3/t13-,14+,15+. The lowest BCUT2D eigenvalue weighted by Gasteiger charge is -2.36. The number of β-amino-alcohol motifs (C(OH)–C–C–N with tert-alkyl or cyclic N) is 2. The molecule has 0 saturated carbocycles. The fourth-order valence-corrected chi connectivity index (χ4v) is 2.73. The molecular formula is C15H31NO3. The summed E-state index contributed by atoms with van der Waals surface area (Å²) in [7, 11) is 0. The van der Waals surface area contributed by atoms with Gasteiger partial charge < -0.3 is 15.3 Å². The molecule has 0 unspecified atom stereocenters. The largest absolute Gasteiger partial charge is 0.389 e. The minimum Gasteiger partial charge on any atom is -0.389 e. The molecule has 0 aromatic rings. The summed E-state index contributed by atoms with van der Waals surface area (Å²) >= 11 is 0. The average Bonchev–Trinajstić information content (AvgIpc) is 2.39. The number of rotatable bonds is 9. The van der Waals surface area contributed by atoms with Gasteiger partial charge in [-0.3, -0.25) is 4.90 Å². The van der Waals surface area contributed by atoms with E-state index in [1.54, 1.807) is 0 Å². The van der Waals surface area contributed by atoms with Gasteiger partial charge in [0, 0.05) is 13.1 Å².